The molecule has 0 heterocycles. The van der Waals surface area contributed by atoms with Crippen LogP contribution in [0, 0.1) is 0 Å². The highest BCUT2D eigenvalue weighted by molar-refractivity contribution is 5.78. The second-order valence-corrected chi connectivity index (χ2v) is 7.49. The molecule has 0 aromatic carbocycles. The van der Waals surface area contributed by atoms with Crippen LogP contribution in [0.4, 0.5) is 4.79 Å². The van der Waals surface area contributed by atoms with Crippen molar-refractivity contribution in [2.45, 2.75) is 117 Å². The number of carboxylic acid groups (broad SMARTS) is 1. The average Bonchev–Trinajstić information content (AvgIpc) is 2.71. The lowest BCUT2D eigenvalue weighted by atomic mass is 10.0. The highest BCUT2D eigenvalue weighted by Crippen LogP contribution is 2.13. The SMILES string of the molecule is C=CC(=O)O.CCCCCCCCCCCCCCCCCCNC(=O)OCC. The van der Waals surface area contributed by atoms with Gasteiger partial charge in [-0.05, 0) is 13.3 Å². The van der Waals surface area contributed by atoms with Gasteiger partial charge in [-0.15, -0.1) is 0 Å². The number of carboxylic acids is 1. The zero-order valence-electron chi connectivity index (χ0n) is 19.2. The lowest BCUT2D eigenvalue weighted by molar-refractivity contribution is -0.131. The predicted molar refractivity (Wildman–Crippen MR) is 122 cm³/mol. The van der Waals surface area contributed by atoms with Crippen LogP contribution in [0.25, 0.3) is 0 Å². The third-order valence-electron chi connectivity index (χ3n) is 4.75. The Balaban J connectivity index is 0. The summed E-state index contributed by atoms with van der Waals surface area (Å²) in [6.07, 6.45) is 22.5. The van der Waals surface area contributed by atoms with Gasteiger partial charge in [0.1, 0.15) is 0 Å². The number of hydrogen-bond donors (Lipinski definition) is 2. The van der Waals surface area contributed by atoms with Gasteiger partial charge in [0.2, 0.25) is 0 Å². The van der Waals surface area contributed by atoms with Gasteiger partial charge in [-0.3, -0.25) is 0 Å². The number of alkyl carbamates (subject to hydrolysis) is 1. The van der Waals surface area contributed by atoms with Gasteiger partial charge in [-0.2, -0.15) is 0 Å². The van der Waals surface area contributed by atoms with Crippen LogP contribution in [-0.4, -0.2) is 30.3 Å². The van der Waals surface area contributed by atoms with Crippen LogP contribution < -0.4 is 5.32 Å². The van der Waals surface area contributed by atoms with Crippen LogP contribution in [0.15, 0.2) is 12.7 Å². The van der Waals surface area contributed by atoms with E-state index >= 15 is 0 Å². The van der Waals surface area contributed by atoms with E-state index in [1.165, 1.54) is 96.3 Å². The smallest absolute Gasteiger partial charge is 0.407 e. The highest BCUT2D eigenvalue weighted by Gasteiger charge is 1.98. The van der Waals surface area contributed by atoms with Crippen molar-refractivity contribution in [2.24, 2.45) is 0 Å². The van der Waals surface area contributed by atoms with Crippen molar-refractivity contribution in [3.63, 3.8) is 0 Å². The maximum absolute atomic E-state index is 11.1. The van der Waals surface area contributed by atoms with Gasteiger partial charge in [0, 0.05) is 12.6 Å². The third kappa shape index (κ3) is 31.4. The van der Waals surface area contributed by atoms with E-state index in [1.807, 2.05) is 6.92 Å². The molecule has 0 fully saturated rings. The number of carbonyl (C=O) groups is 2. The summed E-state index contributed by atoms with van der Waals surface area (Å²) in [5.41, 5.74) is 0. The number of carbonyl (C=O) groups excluding carboxylic acids is 1. The molecule has 0 radical (unpaired) electrons. The molecule has 0 aromatic heterocycles. The van der Waals surface area contributed by atoms with E-state index in [9.17, 15) is 9.59 Å². The lowest BCUT2D eigenvalue weighted by Crippen LogP contribution is -2.25. The van der Waals surface area contributed by atoms with Gasteiger partial charge in [0.15, 0.2) is 0 Å². The van der Waals surface area contributed by atoms with Gasteiger partial charge in [-0.25, -0.2) is 9.59 Å². The minimum absolute atomic E-state index is 0.279. The highest BCUT2D eigenvalue weighted by atomic mass is 16.5. The Kier molecular flexibility index (Phi) is 27.1. The van der Waals surface area contributed by atoms with E-state index in [2.05, 4.69) is 18.8 Å². The second-order valence-electron chi connectivity index (χ2n) is 7.49. The van der Waals surface area contributed by atoms with E-state index < -0.39 is 5.97 Å². The molecule has 0 aliphatic carbocycles. The standard InChI is InChI=1S/C21H43NO2.C3H4O2/c1-3-5-6-7-8-9-10-11-12-13-14-15-16-17-18-19-20-22-21(23)24-4-2;1-2-3(4)5/h3-20H2,1-2H3,(H,22,23);2H,1H2,(H,4,5). The molecule has 0 aromatic rings. The van der Waals surface area contributed by atoms with Crippen LogP contribution in [0.1, 0.15) is 117 Å². The first-order valence-electron chi connectivity index (χ1n) is 11.8. The van der Waals surface area contributed by atoms with Crippen LogP contribution >= 0.6 is 0 Å². The quantitative estimate of drug-likeness (QED) is 0.173. The molecule has 2 N–H and O–H groups in total. The third-order valence-corrected chi connectivity index (χ3v) is 4.75. The summed E-state index contributed by atoms with van der Waals surface area (Å²) in [5, 5.41) is 10.4. The summed E-state index contributed by atoms with van der Waals surface area (Å²) in [4.78, 5) is 20.3. The zero-order valence-corrected chi connectivity index (χ0v) is 19.2. The van der Waals surface area contributed by atoms with Crippen LogP contribution in [0.2, 0.25) is 0 Å². The summed E-state index contributed by atoms with van der Waals surface area (Å²) in [5.74, 6) is -0.981. The molecule has 172 valence electrons. The minimum Gasteiger partial charge on any atom is -0.478 e. The van der Waals surface area contributed by atoms with Crippen molar-refractivity contribution in [1.82, 2.24) is 5.32 Å². The van der Waals surface area contributed by atoms with Gasteiger partial charge >= 0.3 is 12.1 Å². The second kappa shape index (κ2) is 26.5. The number of unbranched alkanes of at least 4 members (excludes halogenated alkanes) is 15. The molecule has 0 unspecified atom stereocenters. The molecule has 0 rings (SSSR count). The van der Waals surface area contributed by atoms with Crippen molar-refractivity contribution in [2.75, 3.05) is 13.2 Å². The Morgan fingerprint density at radius 2 is 1.10 bits per heavy atom. The molecule has 1 amide bonds. The van der Waals surface area contributed by atoms with Crippen molar-refractivity contribution < 1.29 is 19.4 Å². The summed E-state index contributed by atoms with van der Waals surface area (Å²) in [7, 11) is 0. The Bertz CT molecular complexity index is 372. The summed E-state index contributed by atoms with van der Waals surface area (Å²) < 4.78 is 4.82. The summed E-state index contributed by atoms with van der Waals surface area (Å²) >= 11 is 0. The molecular formula is C24H47NO4. The molecule has 29 heavy (non-hydrogen) atoms. The van der Waals surface area contributed by atoms with E-state index in [1.54, 1.807) is 0 Å². The molecular weight excluding hydrogens is 366 g/mol. The van der Waals surface area contributed by atoms with Gasteiger partial charge in [-0.1, -0.05) is 110 Å². The number of aliphatic carboxylic acids is 1. The Hall–Kier alpha value is -1.52. The van der Waals surface area contributed by atoms with E-state index in [4.69, 9.17) is 9.84 Å². The van der Waals surface area contributed by atoms with Gasteiger partial charge in [0.05, 0.1) is 6.61 Å². The Labute approximate surface area is 179 Å². The number of amides is 1. The van der Waals surface area contributed by atoms with Crippen molar-refractivity contribution >= 4 is 12.1 Å². The molecule has 0 bridgehead atoms. The predicted octanol–water partition coefficient (Wildman–Crippen LogP) is 7.25. The van der Waals surface area contributed by atoms with Crippen LogP contribution in [0.3, 0.4) is 0 Å². The van der Waals surface area contributed by atoms with Gasteiger partial charge < -0.3 is 15.2 Å². The lowest BCUT2D eigenvalue weighted by Gasteiger charge is -2.05. The number of ether oxygens (including phenoxy) is 1. The van der Waals surface area contributed by atoms with E-state index in [0.29, 0.717) is 6.61 Å². The first-order valence-corrected chi connectivity index (χ1v) is 11.8. The number of rotatable bonds is 19. The topological polar surface area (TPSA) is 75.6 Å². The number of hydrogen-bond acceptors (Lipinski definition) is 3. The van der Waals surface area contributed by atoms with Gasteiger partial charge in [0.25, 0.3) is 0 Å². The molecule has 0 aliphatic rings. The average molecular weight is 414 g/mol. The van der Waals surface area contributed by atoms with Crippen LogP contribution in [-0.2, 0) is 9.53 Å². The Morgan fingerprint density at radius 1 is 0.759 bits per heavy atom. The first kappa shape index (κ1) is 29.7. The van der Waals surface area contributed by atoms with E-state index in [-0.39, 0.29) is 6.09 Å². The zero-order chi connectivity index (χ0) is 22.0. The molecule has 0 atom stereocenters. The normalized spacial score (nSPS) is 10.0. The van der Waals surface area contributed by atoms with Crippen molar-refractivity contribution in [3.05, 3.63) is 12.7 Å². The number of nitrogens with one attached hydrogen (secondary N) is 1. The fourth-order valence-electron chi connectivity index (χ4n) is 3.05. The summed E-state index contributed by atoms with van der Waals surface area (Å²) in [6.45, 7) is 8.27. The van der Waals surface area contributed by atoms with Crippen molar-refractivity contribution in [1.29, 1.82) is 0 Å². The fraction of sp³-hybridized carbons (Fsp3) is 0.833. The molecule has 0 aliphatic heterocycles. The van der Waals surface area contributed by atoms with Crippen LogP contribution in [0.5, 0.6) is 0 Å². The van der Waals surface area contributed by atoms with E-state index in [0.717, 1.165) is 19.0 Å². The first-order chi connectivity index (χ1) is 14.1. The van der Waals surface area contributed by atoms with Crippen molar-refractivity contribution in [3.8, 4) is 0 Å². The molecule has 5 nitrogen and oxygen atoms in total. The molecule has 5 heteroatoms. The molecule has 0 spiro atoms. The molecule has 0 saturated carbocycles. The molecule has 0 saturated heterocycles. The summed E-state index contributed by atoms with van der Waals surface area (Å²) in [6, 6.07) is 0. The Morgan fingerprint density at radius 3 is 1.41 bits per heavy atom. The maximum Gasteiger partial charge on any atom is 0.407 e. The monoisotopic (exact) mass is 413 g/mol. The minimum atomic E-state index is -0.981. The largest absolute Gasteiger partial charge is 0.478 e. The fourth-order valence-corrected chi connectivity index (χ4v) is 3.05. The maximum atomic E-state index is 11.1.